The number of fused-ring (bicyclic) bond motifs is 1. The number of aliphatic carboxylic acids is 1. The first-order valence-corrected chi connectivity index (χ1v) is 7.32. The number of ether oxygens (including phenoxy) is 2. The fourth-order valence-electron chi connectivity index (χ4n) is 3.00. The van der Waals surface area contributed by atoms with Crippen LogP contribution in [0.2, 0.25) is 0 Å². The van der Waals surface area contributed by atoms with Gasteiger partial charge in [-0.05, 0) is 37.5 Å². The molecule has 5 nitrogen and oxygen atoms in total. The van der Waals surface area contributed by atoms with Gasteiger partial charge in [-0.1, -0.05) is 0 Å². The number of hydrogen-bond donors (Lipinski definition) is 1. The van der Waals surface area contributed by atoms with E-state index in [4.69, 9.17) is 14.6 Å². The molecule has 0 radical (unpaired) electrons. The predicted molar refractivity (Wildman–Crippen MR) is 74.8 cm³/mol. The lowest BCUT2D eigenvalue weighted by Gasteiger charge is -2.12. The Balaban J connectivity index is 1.76. The first kappa shape index (κ1) is 13.9. The molecule has 1 aliphatic heterocycles. The first-order valence-electron chi connectivity index (χ1n) is 7.32. The summed E-state index contributed by atoms with van der Waals surface area (Å²) in [5.74, 6) is -0.112. The van der Waals surface area contributed by atoms with Crippen molar-refractivity contribution in [3.63, 3.8) is 0 Å². The number of carbonyl (C=O) groups excluding carboxylic acids is 1. The molecule has 1 aliphatic carbocycles. The highest BCUT2D eigenvalue weighted by Crippen LogP contribution is 2.36. The van der Waals surface area contributed by atoms with Gasteiger partial charge in [0.25, 0.3) is 0 Å². The number of benzene rings is 1. The fraction of sp³-hybridized carbons (Fsp3) is 0.500. The second-order valence-electron chi connectivity index (χ2n) is 5.62. The summed E-state index contributed by atoms with van der Waals surface area (Å²) < 4.78 is 11.1. The number of hydrogen-bond acceptors (Lipinski definition) is 4. The normalized spacial score (nSPS) is 24.4. The van der Waals surface area contributed by atoms with Crippen LogP contribution in [0.15, 0.2) is 18.2 Å². The Kier molecular flexibility index (Phi) is 3.82. The van der Waals surface area contributed by atoms with Crippen LogP contribution in [-0.4, -0.2) is 30.1 Å². The second-order valence-corrected chi connectivity index (χ2v) is 5.62. The van der Waals surface area contributed by atoms with Crippen LogP contribution < -0.4 is 9.47 Å². The molecule has 1 aromatic rings. The minimum atomic E-state index is -0.802. The van der Waals surface area contributed by atoms with Crippen molar-refractivity contribution in [3.05, 3.63) is 23.8 Å². The SMILES string of the molecule is O=C(O)C1CCC(C(=O)c2ccc3c(c2)OCCCO3)C1. The second kappa shape index (κ2) is 5.76. The van der Waals surface area contributed by atoms with Crippen LogP contribution in [0, 0.1) is 11.8 Å². The summed E-state index contributed by atoms with van der Waals surface area (Å²) in [6.07, 6.45) is 2.48. The third-order valence-corrected chi connectivity index (χ3v) is 4.18. The predicted octanol–water partition coefficient (Wildman–Crippen LogP) is 2.53. The molecule has 1 N–H and O–H groups in total. The van der Waals surface area contributed by atoms with Crippen LogP contribution in [0.5, 0.6) is 11.5 Å². The highest BCUT2D eigenvalue weighted by molar-refractivity contribution is 5.99. The maximum Gasteiger partial charge on any atom is 0.306 e. The van der Waals surface area contributed by atoms with Gasteiger partial charge in [0.15, 0.2) is 17.3 Å². The molecule has 1 heterocycles. The van der Waals surface area contributed by atoms with E-state index in [0.29, 0.717) is 49.5 Å². The number of carboxylic acid groups (broad SMARTS) is 1. The van der Waals surface area contributed by atoms with Gasteiger partial charge in [0.2, 0.25) is 0 Å². The maximum absolute atomic E-state index is 12.5. The van der Waals surface area contributed by atoms with Gasteiger partial charge in [-0.25, -0.2) is 0 Å². The third kappa shape index (κ3) is 2.86. The molecule has 0 amide bonds. The van der Waals surface area contributed by atoms with E-state index in [1.165, 1.54) is 0 Å². The molecule has 0 saturated heterocycles. The van der Waals surface area contributed by atoms with E-state index in [1.807, 2.05) is 0 Å². The summed E-state index contributed by atoms with van der Waals surface area (Å²) in [4.78, 5) is 23.5. The van der Waals surface area contributed by atoms with E-state index in [-0.39, 0.29) is 17.6 Å². The van der Waals surface area contributed by atoms with Crippen LogP contribution in [0.1, 0.15) is 36.0 Å². The van der Waals surface area contributed by atoms with Crippen LogP contribution in [-0.2, 0) is 4.79 Å². The summed E-state index contributed by atoms with van der Waals surface area (Å²) in [6.45, 7) is 1.19. The molecule has 21 heavy (non-hydrogen) atoms. The van der Waals surface area contributed by atoms with Crippen molar-refractivity contribution < 1.29 is 24.2 Å². The van der Waals surface area contributed by atoms with E-state index < -0.39 is 5.97 Å². The zero-order valence-electron chi connectivity index (χ0n) is 11.7. The molecule has 5 heteroatoms. The standard InChI is InChI=1S/C16H18O5/c17-15(10-2-3-12(8-10)16(18)19)11-4-5-13-14(9-11)21-7-1-6-20-13/h4-5,9-10,12H,1-3,6-8H2,(H,18,19). The van der Waals surface area contributed by atoms with E-state index in [0.717, 1.165) is 6.42 Å². The number of carbonyl (C=O) groups is 2. The number of Topliss-reactive ketones (excluding diaryl/α,β-unsaturated/α-hetero) is 1. The van der Waals surface area contributed by atoms with Gasteiger partial charge in [0.1, 0.15) is 0 Å². The lowest BCUT2D eigenvalue weighted by molar-refractivity contribution is -0.141. The van der Waals surface area contributed by atoms with Gasteiger partial charge < -0.3 is 14.6 Å². The monoisotopic (exact) mass is 290 g/mol. The topological polar surface area (TPSA) is 72.8 Å². The van der Waals surface area contributed by atoms with Crippen LogP contribution in [0.25, 0.3) is 0 Å². The van der Waals surface area contributed by atoms with Gasteiger partial charge in [-0.15, -0.1) is 0 Å². The third-order valence-electron chi connectivity index (χ3n) is 4.18. The van der Waals surface area contributed by atoms with Gasteiger partial charge >= 0.3 is 5.97 Å². The summed E-state index contributed by atoms with van der Waals surface area (Å²) in [5.41, 5.74) is 0.579. The molecule has 0 spiro atoms. The Morgan fingerprint density at radius 1 is 1.05 bits per heavy atom. The minimum absolute atomic E-state index is 0.00870. The van der Waals surface area contributed by atoms with Crippen LogP contribution in [0.3, 0.4) is 0 Å². The Morgan fingerprint density at radius 2 is 1.76 bits per heavy atom. The van der Waals surface area contributed by atoms with Crippen molar-refractivity contribution in [2.75, 3.05) is 13.2 Å². The number of rotatable bonds is 3. The molecule has 1 aromatic carbocycles. The molecule has 112 valence electrons. The Morgan fingerprint density at radius 3 is 2.48 bits per heavy atom. The summed E-state index contributed by atoms with van der Waals surface area (Å²) in [7, 11) is 0. The van der Waals surface area contributed by atoms with Crippen LogP contribution >= 0.6 is 0 Å². The summed E-state index contributed by atoms with van der Waals surface area (Å²) in [6, 6.07) is 5.22. The van der Waals surface area contributed by atoms with E-state index >= 15 is 0 Å². The Bertz CT molecular complexity index is 566. The lowest BCUT2D eigenvalue weighted by atomic mass is 9.95. The van der Waals surface area contributed by atoms with Crippen molar-refractivity contribution in [2.45, 2.75) is 25.7 Å². The van der Waals surface area contributed by atoms with Crippen molar-refractivity contribution in [1.29, 1.82) is 0 Å². The van der Waals surface area contributed by atoms with Gasteiger partial charge in [0, 0.05) is 17.9 Å². The summed E-state index contributed by atoms with van der Waals surface area (Å²) in [5, 5.41) is 9.02. The minimum Gasteiger partial charge on any atom is -0.490 e. The first-order chi connectivity index (χ1) is 10.1. The molecule has 1 fully saturated rings. The smallest absolute Gasteiger partial charge is 0.306 e. The van der Waals surface area contributed by atoms with Crippen molar-refractivity contribution >= 4 is 11.8 Å². The van der Waals surface area contributed by atoms with E-state index in [2.05, 4.69) is 0 Å². The number of ketones is 1. The van der Waals surface area contributed by atoms with E-state index in [1.54, 1.807) is 18.2 Å². The molecule has 1 saturated carbocycles. The summed E-state index contributed by atoms with van der Waals surface area (Å²) >= 11 is 0. The van der Waals surface area contributed by atoms with Crippen molar-refractivity contribution in [3.8, 4) is 11.5 Å². The fourth-order valence-corrected chi connectivity index (χ4v) is 3.00. The quantitative estimate of drug-likeness (QED) is 0.866. The molecule has 0 bridgehead atoms. The van der Waals surface area contributed by atoms with Gasteiger partial charge in [-0.3, -0.25) is 9.59 Å². The molecule has 2 unspecified atom stereocenters. The highest BCUT2D eigenvalue weighted by atomic mass is 16.5. The van der Waals surface area contributed by atoms with Crippen molar-refractivity contribution in [1.82, 2.24) is 0 Å². The molecule has 2 aliphatic rings. The largest absolute Gasteiger partial charge is 0.490 e. The zero-order valence-corrected chi connectivity index (χ0v) is 11.7. The average molecular weight is 290 g/mol. The van der Waals surface area contributed by atoms with Crippen LogP contribution in [0.4, 0.5) is 0 Å². The lowest BCUT2D eigenvalue weighted by Crippen LogP contribution is -2.14. The van der Waals surface area contributed by atoms with Gasteiger partial charge in [0.05, 0.1) is 19.1 Å². The van der Waals surface area contributed by atoms with E-state index in [9.17, 15) is 9.59 Å². The Hall–Kier alpha value is -2.04. The zero-order chi connectivity index (χ0) is 14.8. The highest BCUT2D eigenvalue weighted by Gasteiger charge is 2.34. The molecular formula is C16H18O5. The molecule has 0 aromatic heterocycles. The molecular weight excluding hydrogens is 272 g/mol. The van der Waals surface area contributed by atoms with Crippen molar-refractivity contribution in [2.24, 2.45) is 11.8 Å². The van der Waals surface area contributed by atoms with Gasteiger partial charge in [-0.2, -0.15) is 0 Å². The molecule has 3 rings (SSSR count). The Labute approximate surface area is 122 Å². The number of carboxylic acids is 1. The maximum atomic E-state index is 12.5. The molecule has 2 atom stereocenters. The average Bonchev–Trinajstić information content (AvgIpc) is 2.86.